The van der Waals surface area contributed by atoms with Gasteiger partial charge in [-0.2, -0.15) is 5.10 Å². The van der Waals surface area contributed by atoms with Crippen LogP contribution in [0.4, 0.5) is 0 Å². The summed E-state index contributed by atoms with van der Waals surface area (Å²) >= 11 is 0. The van der Waals surface area contributed by atoms with Crippen molar-refractivity contribution in [2.75, 3.05) is 0 Å². The molecule has 3 nitrogen and oxygen atoms in total. The Bertz CT molecular complexity index is 304. The van der Waals surface area contributed by atoms with Gasteiger partial charge < -0.3 is 0 Å². The molecule has 0 N–H and O–H groups in total. The Hall–Kier alpha value is -0.640. The van der Waals surface area contributed by atoms with E-state index in [-0.39, 0.29) is 0 Å². The molecular weight excluding hydrogens is 172 g/mol. The Labute approximate surface area is 74.2 Å². The second kappa shape index (κ2) is 2.69. The van der Waals surface area contributed by atoms with Gasteiger partial charge in [0.25, 0.3) is 0 Å². The largest absolute Gasteiger partial charge is 0.270 e. The molecule has 0 aliphatic carbocycles. The average molecular weight is 184 g/mol. The van der Waals surface area contributed by atoms with Crippen LogP contribution >= 0.6 is 0 Å². The molecule has 66 valence electrons. The minimum atomic E-state index is -0.686. The molecule has 1 aromatic rings. The van der Waals surface area contributed by atoms with Crippen LogP contribution in [0.25, 0.3) is 0 Å². The second-order valence-electron chi connectivity index (χ2n) is 3.40. The molecule has 0 saturated carbocycles. The lowest BCUT2D eigenvalue weighted by Crippen LogP contribution is -2.02. The molecule has 2 heterocycles. The molecule has 1 aliphatic heterocycles. The fourth-order valence-corrected chi connectivity index (χ4v) is 2.59. The zero-order chi connectivity index (χ0) is 8.72. The van der Waals surface area contributed by atoms with Crippen molar-refractivity contribution in [3.63, 3.8) is 0 Å². The molecule has 0 bridgehead atoms. The van der Waals surface area contributed by atoms with Gasteiger partial charge in [-0.15, -0.1) is 0 Å². The van der Waals surface area contributed by atoms with E-state index in [0.29, 0.717) is 17.5 Å². The Morgan fingerprint density at radius 2 is 2.33 bits per heavy atom. The number of fused-ring (bicyclic) bond motifs is 1. The lowest BCUT2D eigenvalue weighted by Gasteiger charge is -2.03. The van der Waals surface area contributed by atoms with E-state index in [0.717, 1.165) is 5.69 Å². The van der Waals surface area contributed by atoms with Crippen molar-refractivity contribution >= 4 is 10.8 Å². The van der Waals surface area contributed by atoms with Gasteiger partial charge in [0.15, 0.2) is 0 Å². The average Bonchev–Trinajstić information content (AvgIpc) is 2.42. The van der Waals surface area contributed by atoms with E-state index in [2.05, 4.69) is 18.9 Å². The molecule has 0 amide bonds. The summed E-state index contributed by atoms with van der Waals surface area (Å²) in [6, 6.07) is 0.407. The van der Waals surface area contributed by atoms with E-state index >= 15 is 0 Å². The van der Waals surface area contributed by atoms with E-state index in [4.69, 9.17) is 0 Å². The first kappa shape index (κ1) is 7.98. The standard InChI is InChI=1S/C8H12N2OS/c1-6(2)10-3-7-4-12(11)5-8(7)9-10/h3,6H,4-5H2,1-2H3. The van der Waals surface area contributed by atoms with E-state index in [1.807, 2.05) is 10.9 Å². The van der Waals surface area contributed by atoms with Gasteiger partial charge in [0.2, 0.25) is 0 Å². The third-order valence-electron chi connectivity index (χ3n) is 2.04. The SMILES string of the molecule is CC(C)n1cc2c(n1)CS(=O)C2. The minimum Gasteiger partial charge on any atom is -0.270 e. The molecule has 0 fully saturated rings. The number of hydrogen-bond acceptors (Lipinski definition) is 2. The maximum Gasteiger partial charge on any atom is 0.0790 e. The first-order chi connectivity index (χ1) is 5.66. The van der Waals surface area contributed by atoms with E-state index < -0.39 is 10.8 Å². The molecule has 1 unspecified atom stereocenters. The summed E-state index contributed by atoms with van der Waals surface area (Å²) in [6.45, 7) is 4.19. The van der Waals surface area contributed by atoms with Crippen molar-refractivity contribution < 1.29 is 4.21 Å². The molecule has 0 aromatic carbocycles. The van der Waals surface area contributed by atoms with Crippen molar-refractivity contribution in [2.24, 2.45) is 0 Å². The predicted octanol–water partition coefficient (Wildman–Crippen LogP) is 1.23. The molecule has 0 saturated heterocycles. The van der Waals surface area contributed by atoms with Crippen LogP contribution in [0.5, 0.6) is 0 Å². The zero-order valence-electron chi connectivity index (χ0n) is 7.28. The van der Waals surface area contributed by atoms with Crippen molar-refractivity contribution in [1.82, 2.24) is 9.78 Å². The smallest absolute Gasteiger partial charge is 0.0790 e. The van der Waals surface area contributed by atoms with Crippen LogP contribution < -0.4 is 0 Å². The Morgan fingerprint density at radius 1 is 1.58 bits per heavy atom. The highest BCUT2D eigenvalue weighted by Crippen LogP contribution is 2.21. The van der Waals surface area contributed by atoms with E-state index in [1.165, 1.54) is 5.56 Å². The molecule has 1 aromatic heterocycles. The highest BCUT2D eigenvalue weighted by atomic mass is 32.2. The summed E-state index contributed by atoms with van der Waals surface area (Å²) in [5, 5.41) is 4.36. The van der Waals surface area contributed by atoms with Crippen LogP contribution in [-0.2, 0) is 22.3 Å². The number of hydrogen-bond donors (Lipinski definition) is 0. The molecule has 1 atom stereocenters. The van der Waals surface area contributed by atoms with Gasteiger partial charge in [-0.25, -0.2) is 0 Å². The molecule has 12 heavy (non-hydrogen) atoms. The molecule has 4 heteroatoms. The van der Waals surface area contributed by atoms with Crippen LogP contribution in [0.1, 0.15) is 31.1 Å². The van der Waals surface area contributed by atoms with Gasteiger partial charge >= 0.3 is 0 Å². The van der Waals surface area contributed by atoms with Crippen LogP contribution in [0, 0.1) is 0 Å². The summed E-state index contributed by atoms with van der Waals surface area (Å²) in [7, 11) is -0.686. The molecule has 2 rings (SSSR count). The van der Waals surface area contributed by atoms with E-state index in [9.17, 15) is 4.21 Å². The van der Waals surface area contributed by atoms with Gasteiger partial charge in [0.1, 0.15) is 0 Å². The highest BCUT2D eigenvalue weighted by Gasteiger charge is 2.21. The molecular formula is C8H12N2OS. The fraction of sp³-hybridized carbons (Fsp3) is 0.625. The van der Waals surface area contributed by atoms with Gasteiger partial charge in [0, 0.05) is 28.6 Å². The van der Waals surface area contributed by atoms with Gasteiger partial charge in [-0.05, 0) is 13.8 Å². The van der Waals surface area contributed by atoms with Crippen molar-refractivity contribution in [3.05, 3.63) is 17.5 Å². The molecule has 0 spiro atoms. The lowest BCUT2D eigenvalue weighted by atomic mass is 10.3. The predicted molar refractivity (Wildman–Crippen MR) is 48.2 cm³/mol. The molecule has 1 aliphatic rings. The zero-order valence-corrected chi connectivity index (χ0v) is 8.10. The summed E-state index contributed by atoms with van der Waals surface area (Å²) in [5.74, 6) is 1.34. The second-order valence-corrected chi connectivity index (χ2v) is 4.86. The van der Waals surface area contributed by atoms with Crippen LogP contribution in [0.15, 0.2) is 6.20 Å². The third kappa shape index (κ3) is 1.20. The van der Waals surface area contributed by atoms with Crippen molar-refractivity contribution in [2.45, 2.75) is 31.4 Å². The van der Waals surface area contributed by atoms with E-state index in [1.54, 1.807) is 0 Å². The van der Waals surface area contributed by atoms with Gasteiger partial charge in [-0.3, -0.25) is 8.89 Å². The Morgan fingerprint density at radius 3 is 2.92 bits per heavy atom. The third-order valence-corrected chi connectivity index (χ3v) is 3.27. The van der Waals surface area contributed by atoms with Crippen LogP contribution in [0.2, 0.25) is 0 Å². The van der Waals surface area contributed by atoms with Crippen molar-refractivity contribution in [3.8, 4) is 0 Å². The van der Waals surface area contributed by atoms with Gasteiger partial charge in [0.05, 0.1) is 17.2 Å². The molecule has 0 radical (unpaired) electrons. The summed E-state index contributed by atoms with van der Waals surface area (Å²) in [4.78, 5) is 0. The number of aromatic nitrogens is 2. The van der Waals surface area contributed by atoms with Gasteiger partial charge in [-0.1, -0.05) is 0 Å². The lowest BCUT2D eigenvalue weighted by molar-refractivity contribution is 0.528. The summed E-state index contributed by atoms with van der Waals surface area (Å²) < 4.78 is 13.0. The highest BCUT2D eigenvalue weighted by molar-refractivity contribution is 7.83. The summed E-state index contributed by atoms with van der Waals surface area (Å²) in [5.41, 5.74) is 2.20. The van der Waals surface area contributed by atoms with Crippen LogP contribution in [-0.4, -0.2) is 14.0 Å². The maximum absolute atomic E-state index is 11.1. The quantitative estimate of drug-likeness (QED) is 0.658. The van der Waals surface area contributed by atoms with Crippen molar-refractivity contribution in [1.29, 1.82) is 0 Å². The monoisotopic (exact) mass is 184 g/mol. The Kier molecular flexibility index (Phi) is 1.79. The first-order valence-corrected chi connectivity index (χ1v) is 5.57. The fourth-order valence-electron chi connectivity index (χ4n) is 1.35. The topological polar surface area (TPSA) is 34.9 Å². The maximum atomic E-state index is 11.1. The minimum absolute atomic E-state index is 0.407. The van der Waals surface area contributed by atoms with Crippen LogP contribution in [0.3, 0.4) is 0 Å². The normalized spacial score (nSPS) is 21.8. The first-order valence-electron chi connectivity index (χ1n) is 4.08. The Balaban J connectivity index is 2.34. The number of rotatable bonds is 1. The summed E-state index contributed by atoms with van der Waals surface area (Å²) in [6.07, 6.45) is 2.02. The number of nitrogens with zero attached hydrogens (tertiary/aromatic N) is 2.